The van der Waals surface area contributed by atoms with Gasteiger partial charge in [0.2, 0.25) is 0 Å². The Balaban J connectivity index is 1.90. The fourth-order valence-corrected chi connectivity index (χ4v) is 2.46. The van der Waals surface area contributed by atoms with Crippen molar-refractivity contribution < 1.29 is 0 Å². The van der Waals surface area contributed by atoms with Gasteiger partial charge in [0.05, 0.1) is 6.54 Å². The number of nitrogens with two attached hydrogens (primary N) is 1. The molecule has 0 spiro atoms. The van der Waals surface area contributed by atoms with Crippen LogP contribution in [0.5, 0.6) is 0 Å². The highest BCUT2D eigenvalue weighted by Crippen LogP contribution is 2.16. The maximum absolute atomic E-state index is 5.56. The minimum atomic E-state index is 0.603. The Morgan fingerprint density at radius 1 is 1.35 bits per heavy atom. The third-order valence-electron chi connectivity index (χ3n) is 2.37. The van der Waals surface area contributed by atoms with Gasteiger partial charge in [-0.15, -0.1) is 10.2 Å². The van der Waals surface area contributed by atoms with Crippen LogP contribution in [0.15, 0.2) is 23.6 Å². The van der Waals surface area contributed by atoms with Crippen molar-refractivity contribution in [2.45, 2.75) is 25.2 Å². The van der Waals surface area contributed by atoms with E-state index in [0.717, 1.165) is 29.8 Å². The number of hydrogen-bond acceptors (Lipinski definition) is 5. The summed E-state index contributed by atoms with van der Waals surface area (Å²) in [6, 6.07) is 1.92. The summed E-state index contributed by atoms with van der Waals surface area (Å²) in [4.78, 5) is 0. The van der Waals surface area contributed by atoms with Gasteiger partial charge < -0.3 is 10.3 Å². The van der Waals surface area contributed by atoms with E-state index in [1.54, 1.807) is 18.0 Å². The lowest BCUT2D eigenvalue weighted by atomic mass is 10.6. The van der Waals surface area contributed by atoms with Crippen molar-refractivity contribution in [3.8, 4) is 0 Å². The lowest BCUT2D eigenvalue weighted by molar-refractivity contribution is 0.624. The third-order valence-corrected chi connectivity index (χ3v) is 3.31. The van der Waals surface area contributed by atoms with Crippen molar-refractivity contribution in [2.75, 3.05) is 12.3 Å². The van der Waals surface area contributed by atoms with E-state index in [-0.39, 0.29) is 0 Å². The Hall–Kier alpha value is -1.34. The quantitative estimate of drug-likeness (QED) is 0.759. The van der Waals surface area contributed by atoms with Gasteiger partial charge in [-0.1, -0.05) is 11.8 Å². The highest BCUT2D eigenvalue weighted by molar-refractivity contribution is 7.99. The van der Waals surface area contributed by atoms with E-state index < -0.39 is 0 Å². The van der Waals surface area contributed by atoms with Crippen LogP contribution in [0.25, 0.3) is 0 Å². The minimum absolute atomic E-state index is 0.603. The number of rotatable bonds is 6. The van der Waals surface area contributed by atoms with E-state index in [0.29, 0.717) is 6.54 Å². The zero-order chi connectivity index (χ0) is 12.1. The van der Waals surface area contributed by atoms with Crippen molar-refractivity contribution >= 4 is 11.8 Å². The molecular weight excluding hydrogens is 236 g/mol. The summed E-state index contributed by atoms with van der Waals surface area (Å²) in [6.45, 7) is 4.18. The molecule has 2 N–H and O–H groups in total. The fraction of sp³-hybridized carbons (Fsp3) is 0.500. The molecule has 0 radical (unpaired) electrons. The van der Waals surface area contributed by atoms with Crippen molar-refractivity contribution in [1.82, 2.24) is 24.5 Å². The average molecular weight is 252 g/mol. The van der Waals surface area contributed by atoms with Crippen LogP contribution in [-0.2, 0) is 13.1 Å². The summed E-state index contributed by atoms with van der Waals surface area (Å²) in [5.41, 5.74) is 5.56. The average Bonchev–Trinajstić information content (AvgIpc) is 2.93. The molecule has 0 aliphatic carbocycles. The molecule has 0 saturated heterocycles. The molecule has 0 saturated carbocycles. The van der Waals surface area contributed by atoms with E-state index in [2.05, 4.69) is 15.3 Å². The topological polar surface area (TPSA) is 74.5 Å². The second kappa shape index (κ2) is 5.83. The molecule has 2 aromatic rings. The van der Waals surface area contributed by atoms with Gasteiger partial charge in [0, 0.05) is 31.2 Å². The summed E-state index contributed by atoms with van der Waals surface area (Å²) in [5.74, 6) is 1.83. The van der Waals surface area contributed by atoms with Gasteiger partial charge in [0.1, 0.15) is 5.82 Å². The first-order valence-corrected chi connectivity index (χ1v) is 6.50. The monoisotopic (exact) mass is 252 g/mol. The molecule has 0 aromatic carbocycles. The van der Waals surface area contributed by atoms with E-state index in [4.69, 9.17) is 5.73 Å². The molecule has 92 valence electrons. The van der Waals surface area contributed by atoms with Gasteiger partial charge in [0.15, 0.2) is 5.16 Å². The number of thioether (sulfide) groups is 1. The van der Waals surface area contributed by atoms with Crippen molar-refractivity contribution in [3.05, 3.63) is 24.3 Å². The fourth-order valence-electron chi connectivity index (χ4n) is 1.52. The molecule has 2 heterocycles. The molecule has 17 heavy (non-hydrogen) atoms. The number of hydrogen-bond donors (Lipinski definition) is 1. The van der Waals surface area contributed by atoms with Gasteiger partial charge in [-0.2, -0.15) is 5.10 Å². The molecule has 2 rings (SSSR count). The van der Waals surface area contributed by atoms with Crippen LogP contribution in [0.1, 0.15) is 5.82 Å². The van der Waals surface area contributed by atoms with E-state index in [1.165, 1.54) is 0 Å². The standard InChI is InChI=1S/C10H16N6S/c1-9-13-14-10(16(9)6-3-11)17-8-7-15-5-2-4-12-15/h2,4-5H,3,6-8,11H2,1H3. The smallest absolute Gasteiger partial charge is 0.191 e. The maximum Gasteiger partial charge on any atom is 0.191 e. The number of aryl methyl sites for hydroxylation is 2. The zero-order valence-electron chi connectivity index (χ0n) is 9.78. The molecule has 0 amide bonds. The third kappa shape index (κ3) is 3.07. The van der Waals surface area contributed by atoms with Crippen LogP contribution >= 0.6 is 11.8 Å². The predicted molar refractivity (Wildman–Crippen MR) is 66.8 cm³/mol. The predicted octanol–water partition coefficient (Wildman–Crippen LogP) is 0.534. The van der Waals surface area contributed by atoms with Crippen molar-refractivity contribution in [1.29, 1.82) is 0 Å². The SMILES string of the molecule is Cc1nnc(SCCn2cccn2)n1CCN. The lowest BCUT2D eigenvalue weighted by Crippen LogP contribution is -2.12. The summed E-state index contributed by atoms with van der Waals surface area (Å²) in [7, 11) is 0. The Bertz CT molecular complexity index is 449. The van der Waals surface area contributed by atoms with Crippen LogP contribution in [0, 0.1) is 6.92 Å². The second-order valence-corrected chi connectivity index (χ2v) is 4.65. The first-order valence-electron chi connectivity index (χ1n) is 5.51. The molecule has 6 nitrogen and oxygen atoms in total. The van der Waals surface area contributed by atoms with Gasteiger partial charge in [-0.3, -0.25) is 4.68 Å². The van der Waals surface area contributed by atoms with Crippen LogP contribution in [0.3, 0.4) is 0 Å². The molecule has 0 unspecified atom stereocenters. The van der Waals surface area contributed by atoms with Gasteiger partial charge in [-0.25, -0.2) is 0 Å². The van der Waals surface area contributed by atoms with Gasteiger partial charge in [-0.05, 0) is 13.0 Å². The highest BCUT2D eigenvalue weighted by atomic mass is 32.2. The molecule has 0 atom stereocenters. The first kappa shape index (κ1) is 12.1. The Labute approximate surface area is 104 Å². The maximum atomic E-state index is 5.56. The lowest BCUT2D eigenvalue weighted by Gasteiger charge is -2.06. The summed E-state index contributed by atoms with van der Waals surface area (Å²) in [6.07, 6.45) is 3.74. The molecule has 0 aliphatic rings. The van der Waals surface area contributed by atoms with E-state index in [9.17, 15) is 0 Å². The molecular formula is C10H16N6S. The van der Waals surface area contributed by atoms with Crippen LogP contribution in [-0.4, -0.2) is 36.8 Å². The Kier molecular flexibility index (Phi) is 4.16. The Morgan fingerprint density at radius 2 is 2.24 bits per heavy atom. The molecule has 0 fully saturated rings. The van der Waals surface area contributed by atoms with Crippen molar-refractivity contribution in [2.24, 2.45) is 5.73 Å². The normalized spacial score (nSPS) is 10.9. The van der Waals surface area contributed by atoms with Gasteiger partial charge >= 0.3 is 0 Å². The molecule has 7 heteroatoms. The minimum Gasteiger partial charge on any atom is -0.329 e. The summed E-state index contributed by atoms with van der Waals surface area (Å²) in [5, 5.41) is 13.3. The molecule has 0 aliphatic heterocycles. The Morgan fingerprint density at radius 3 is 2.94 bits per heavy atom. The second-order valence-electron chi connectivity index (χ2n) is 3.59. The molecule has 2 aromatic heterocycles. The van der Waals surface area contributed by atoms with E-state index >= 15 is 0 Å². The molecule has 0 bridgehead atoms. The van der Waals surface area contributed by atoms with Gasteiger partial charge in [0.25, 0.3) is 0 Å². The van der Waals surface area contributed by atoms with Crippen LogP contribution in [0.2, 0.25) is 0 Å². The summed E-state index contributed by atoms with van der Waals surface area (Å²) >= 11 is 1.68. The van der Waals surface area contributed by atoms with Crippen LogP contribution in [0.4, 0.5) is 0 Å². The number of nitrogens with zero attached hydrogens (tertiary/aromatic N) is 5. The number of aromatic nitrogens is 5. The zero-order valence-corrected chi connectivity index (χ0v) is 10.6. The van der Waals surface area contributed by atoms with Crippen molar-refractivity contribution in [3.63, 3.8) is 0 Å². The van der Waals surface area contributed by atoms with Crippen LogP contribution < -0.4 is 5.73 Å². The highest BCUT2D eigenvalue weighted by Gasteiger charge is 2.08. The first-order chi connectivity index (χ1) is 8.31. The van der Waals surface area contributed by atoms with E-state index in [1.807, 2.05) is 28.4 Å². The summed E-state index contributed by atoms with van der Waals surface area (Å²) < 4.78 is 3.96. The largest absolute Gasteiger partial charge is 0.329 e.